The maximum atomic E-state index is 9.56. The maximum absolute atomic E-state index is 9.56. The van der Waals surface area contributed by atoms with Gasteiger partial charge in [-0.15, -0.1) is 0 Å². The minimum Gasteiger partial charge on any atom is -0.228 e. The second-order valence-corrected chi connectivity index (χ2v) is 16.5. The van der Waals surface area contributed by atoms with E-state index in [2.05, 4.69) is 178 Å². The molecule has 3 nitrogen and oxygen atoms in total. The molecular weight excluding hydrogens is 727 g/mol. The molecule has 0 saturated carbocycles. The molecule has 0 N–H and O–H groups in total. The summed E-state index contributed by atoms with van der Waals surface area (Å²) in [5.74, 6) is 0.668. The second kappa shape index (κ2) is 13.7. The maximum Gasteiger partial charge on any atom is 0.160 e. The van der Waals surface area contributed by atoms with Crippen LogP contribution in [0.5, 0.6) is 0 Å². The number of aromatic nitrogens is 2. The fourth-order valence-electron chi connectivity index (χ4n) is 9.99. The van der Waals surface area contributed by atoms with Crippen molar-refractivity contribution in [2.24, 2.45) is 0 Å². The lowest BCUT2D eigenvalue weighted by Crippen LogP contribution is -2.40. The number of rotatable bonds is 5. The van der Waals surface area contributed by atoms with Gasteiger partial charge in [0.25, 0.3) is 0 Å². The van der Waals surface area contributed by atoms with Crippen LogP contribution in [0.25, 0.3) is 67.3 Å². The highest BCUT2D eigenvalue weighted by molar-refractivity contribution is 5.91. The number of hydrogen-bond acceptors (Lipinski definition) is 3. The second-order valence-electron chi connectivity index (χ2n) is 16.5. The Hall–Kier alpha value is -7.67. The van der Waals surface area contributed by atoms with E-state index in [1.807, 2.05) is 42.5 Å². The molecule has 0 radical (unpaired) electrons. The standard InChI is InChI=1S/C57H39N3/c1-56(2)49-25-8-10-27-51(49)57(52-28-11-9-26-50(52)56)47-24-7-6-23-45(47)46-34-42(29-30-48(46)57)41-20-14-22-44(33-41)54-35-53(59-55(60-54)38-16-4-3-5-17-38)43-21-13-19-40(32-43)39-18-12-15-37(31-39)36-58/h3-35H,1-2H3. The van der Waals surface area contributed by atoms with Crippen molar-refractivity contribution < 1.29 is 0 Å². The molecule has 282 valence electrons. The Morgan fingerprint density at radius 2 is 0.833 bits per heavy atom. The Bertz CT molecular complexity index is 3160. The number of hydrogen-bond donors (Lipinski definition) is 0. The first kappa shape index (κ1) is 35.5. The fraction of sp³-hybridized carbons (Fsp3) is 0.0702. The van der Waals surface area contributed by atoms with E-state index in [0.717, 1.165) is 50.3 Å². The molecule has 60 heavy (non-hydrogen) atoms. The molecule has 1 heterocycles. The van der Waals surface area contributed by atoms with Crippen LogP contribution >= 0.6 is 0 Å². The largest absolute Gasteiger partial charge is 0.228 e. The molecule has 1 spiro atoms. The first-order valence-electron chi connectivity index (χ1n) is 20.5. The summed E-state index contributed by atoms with van der Waals surface area (Å²) in [6.45, 7) is 4.74. The molecule has 0 saturated heterocycles. The highest BCUT2D eigenvalue weighted by atomic mass is 14.9. The van der Waals surface area contributed by atoms with Crippen molar-refractivity contribution in [1.29, 1.82) is 5.26 Å². The molecule has 11 rings (SSSR count). The number of fused-ring (bicyclic) bond motifs is 9. The molecule has 3 heteroatoms. The van der Waals surface area contributed by atoms with Crippen LogP contribution in [0.1, 0.15) is 52.8 Å². The monoisotopic (exact) mass is 765 g/mol. The molecule has 2 aliphatic rings. The SMILES string of the molecule is CC1(C)c2ccccc2C2(c3ccccc3-c3cc(-c4cccc(-c5cc(-c6cccc(-c7cccc(C#N)c7)c6)nc(-c6ccccc6)n5)c4)ccc32)c2ccccc21. The normalized spacial score (nSPS) is 13.8. The van der Waals surface area contributed by atoms with Crippen LogP contribution in [0.2, 0.25) is 0 Å². The van der Waals surface area contributed by atoms with Crippen molar-refractivity contribution in [3.8, 4) is 73.4 Å². The predicted molar refractivity (Wildman–Crippen MR) is 243 cm³/mol. The predicted octanol–water partition coefficient (Wildman–Crippen LogP) is 13.7. The highest BCUT2D eigenvalue weighted by Gasteiger charge is 2.53. The molecule has 0 unspecified atom stereocenters. The van der Waals surface area contributed by atoms with E-state index in [4.69, 9.17) is 9.97 Å². The van der Waals surface area contributed by atoms with Gasteiger partial charge in [-0.3, -0.25) is 0 Å². The van der Waals surface area contributed by atoms with E-state index in [9.17, 15) is 5.26 Å². The minimum absolute atomic E-state index is 0.134. The molecule has 8 aromatic carbocycles. The minimum atomic E-state index is -0.421. The molecule has 9 aromatic rings. The highest BCUT2D eigenvalue weighted by Crippen LogP contribution is 2.62. The number of nitriles is 1. The van der Waals surface area contributed by atoms with Gasteiger partial charge < -0.3 is 0 Å². The van der Waals surface area contributed by atoms with Gasteiger partial charge >= 0.3 is 0 Å². The Kier molecular flexibility index (Phi) is 8.12. The van der Waals surface area contributed by atoms with Crippen LogP contribution in [-0.2, 0) is 10.8 Å². The zero-order valence-electron chi connectivity index (χ0n) is 33.4. The molecule has 2 aliphatic carbocycles. The lowest BCUT2D eigenvalue weighted by molar-refractivity contribution is 0.563. The summed E-state index contributed by atoms with van der Waals surface area (Å²) in [5, 5.41) is 9.56. The first-order chi connectivity index (χ1) is 29.4. The Balaban J connectivity index is 1.05. The van der Waals surface area contributed by atoms with Gasteiger partial charge in [0.2, 0.25) is 0 Å². The van der Waals surface area contributed by atoms with Crippen molar-refractivity contribution in [2.75, 3.05) is 0 Å². The van der Waals surface area contributed by atoms with E-state index >= 15 is 0 Å². The molecule has 0 atom stereocenters. The Morgan fingerprint density at radius 3 is 1.45 bits per heavy atom. The van der Waals surface area contributed by atoms with Crippen LogP contribution < -0.4 is 0 Å². The van der Waals surface area contributed by atoms with Crippen molar-refractivity contribution in [1.82, 2.24) is 9.97 Å². The summed E-state index contributed by atoms with van der Waals surface area (Å²) in [6, 6.07) is 73.7. The van der Waals surface area contributed by atoms with Crippen LogP contribution in [0.15, 0.2) is 200 Å². The van der Waals surface area contributed by atoms with Gasteiger partial charge in [0.1, 0.15) is 0 Å². The molecule has 1 aromatic heterocycles. The van der Waals surface area contributed by atoms with Gasteiger partial charge in [0.05, 0.1) is 28.4 Å². The van der Waals surface area contributed by atoms with Crippen LogP contribution in [0.3, 0.4) is 0 Å². The smallest absolute Gasteiger partial charge is 0.160 e. The summed E-state index contributed by atoms with van der Waals surface area (Å²) in [7, 11) is 0. The van der Waals surface area contributed by atoms with Crippen molar-refractivity contribution in [2.45, 2.75) is 24.7 Å². The summed E-state index contributed by atoms with van der Waals surface area (Å²) in [6.07, 6.45) is 0. The lowest BCUT2D eigenvalue weighted by Gasteiger charge is -2.46. The summed E-state index contributed by atoms with van der Waals surface area (Å²) >= 11 is 0. The van der Waals surface area contributed by atoms with Crippen LogP contribution in [0.4, 0.5) is 0 Å². The lowest BCUT2D eigenvalue weighted by atomic mass is 9.55. The van der Waals surface area contributed by atoms with E-state index < -0.39 is 5.41 Å². The van der Waals surface area contributed by atoms with Gasteiger partial charge in [-0.25, -0.2) is 9.97 Å². The van der Waals surface area contributed by atoms with E-state index in [1.54, 1.807) is 0 Å². The van der Waals surface area contributed by atoms with Gasteiger partial charge in [-0.05, 0) is 103 Å². The molecule has 0 fully saturated rings. The zero-order chi connectivity index (χ0) is 40.4. The summed E-state index contributed by atoms with van der Waals surface area (Å²) < 4.78 is 0. The average molecular weight is 766 g/mol. The van der Waals surface area contributed by atoms with E-state index in [1.165, 1.54) is 44.5 Å². The van der Waals surface area contributed by atoms with Crippen molar-refractivity contribution >= 4 is 0 Å². The quantitative estimate of drug-likeness (QED) is 0.175. The van der Waals surface area contributed by atoms with Gasteiger partial charge in [0.15, 0.2) is 5.82 Å². The van der Waals surface area contributed by atoms with Crippen molar-refractivity contribution in [3.63, 3.8) is 0 Å². The third-order valence-electron chi connectivity index (χ3n) is 12.8. The Morgan fingerprint density at radius 1 is 0.367 bits per heavy atom. The molecule has 0 amide bonds. The van der Waals surface area contributed by atoms with E-state index in [0.29, 0.717) is 11.4 Å². The Labute approximate surface area is 351 Å². The van der Waals surface area contributed by atoms with Crippen LogP contribution in [-0.4, -0.2) is 9.97 Å². The number of nitrogens with zero attached hydrogens (tertiary/aromatic N) is 3. The van der Waals surface area contributed by atoms with Gasteiger partial charge in [0, 0.05) is 22.1 Å². The number of benzene rings is 8. The third-order valence-corrected chi connectivity index (χ3v) is 12.8. The average Bonchev–Trinajstić information content (AvgIpc) is 3.61. The fourth-order valence-corrected chi connectivity index (χ4v) is 9.99. The summed E-state index contributed by atoms with van der Waals surface area (Å²) in [5.41, 5.74) is 19.7. The van der Waals surface area contributed by atoms with Crippen LogP contribution in [0, 0.1) is 11.3 Å². The molecule has 0 bridgehead atoms. The molecular formula is C57H39N3. The summed E-state index contributed by atoms with van der Waals surface area (Å²) in [4.78, 5) is 10.3. The zero-order valence-corrected chi connectivity index (χ0v) is 33.4. The van der Waals surface area contributed by atoms with Crippen molar-refractivity contribution in [3.05, 3.63) is 239 Å². The first-order valence-corrected chi connectivity index (χ1v) is 20.5. The van der Waals surface area contributed by atoms with E-state index in [-0.39, 0.29) is 5.41 Å². The molecule has 0 aliphatic heterocycles. The van der Waals surface area contributed by atoms with Gasteiger partial charge in [-0.1, -0.05) is 178 Å². The topological polar surface area (TPSA) is 49.6 Å². The van der Waals surface area contributed by atoms with Gasteiger partial charge in [-0.2, -0.15) is 5.26 Å². The third kappa shape index (κ3) is 5.42.